The van der Waals surface area contributed by atoms with Crippen LogP contribution in [0, 0.1) is 6.92 Å². The van der Waals surface area contributed by atoms with E-state index in [1.165, 1.54) is 12.5 Å². The van der Waals surface area contributed by atoms with Gasteiger partial charge in [0.2, 0.25) is 0 Å². The van der Waals surface area contributed by atoms with E-state index in [4.69, 9.17) is 32.0 Å². The molecule has 1 N–H and O–H groups in total. The topological polar surface area (TPSA) is 67.7 Å². The second kappa shape index (κ2) is 6.95. The maximum Gasteiger partial charge on any atom is 0.274 e. The molecule has 3 rings (SSSR count). The summed E-state index contributed by atoms with van der Waals surface area (Å²) in [7, 11) is 0. The third kappa shape index (κ3) is 3.37. The van der Waals surface area contributed by atoms with Crippen molar-refractivity contribution in [2.24, 2.45) is 5.10 Å². The molecule has 0 spiro atoms. The lowest BCUT2D eigenvalue weighted by Gasteiger charge is -2.01. The van der Waals surface area contributed by atoms with E-state index in [9.17, 15) is 4.79 Å². The maximum atomic E-state index is 11.9. The van der Waals surface area contributed by atoms with Gasteiger partial charge in [0, 0.05) is 5.56 Å². The van der Waals surface area contributed by atoms with Gasteiger partial charge < -0.3 is 8.83 Å². The van der Waals surface area contributed by atoms with Crippen molar-refractivity contribution in [3.8, 4) is 11.3 Å². The second-order valence-electron chi connectivity index (χ2n) is 4.89. The third-order valence-corrected chi connectivity index (χ3v) is 4.12. The number of carbonyl (C=O) groups is 1. The van der Waals surface area contributed by atoms with Crippen molar-refractivity contribution in [2.45, 2.75) is 6.92 Å². The van der Waals surface area contributed by atoms with Crippen LogP contribution in [-0.4, -0.2) is 12.1 Å². The summed E-state index contributed by atoms with van der Waals surface area (Å²) >= 11 is 12.2. The minimum atomic E-state index is -0.359. The van der Waals surface area contributed by atoms with Crippen molar-refractivity contribution in [2.75, 3.05) is 0 Å². The average Bonchev–Trinajstić information content (AvgIpc) is 3.19. The second-order valence-corrected chi connectivity index (χ2v) is 5.68. The van der Waals surface area contributed by atoms with Crippen LogP contribution in [0.4, 0.5) is 0 Å². The normalized spacial score (nSPS) is 11.1. The lowest BCUT2D eigenvalue weighted by Crippen LogP contribution is -2.17. The average molecular weight is 363 g/mol. The van der Waals surface area contributed by atoms with Gasteiger partial charge in [0.15, 0.2) is 0 Å². The molecule has 0 saturated heterocycles. The van der Waals surface area contributed by atoms with Gasteiger partial charge in [0.05, 0.1) is 28.1 Å². The lowest BCUT2D eigenvalue weighted by atomic mass is 10.2. The largest absolute Gasteiger partial charge is 0.469 e. The van der Waals surface area contributed by atoms with Crippen LogP contribution in [0.2, 0.25) is 10.0 Å². The Kier molecular flexibility index (Phi) is 4.74. The molecule has 0 bridgehead atoms. The summed E-state index contributed by atoms with van der Waals surface area (Å²) in [6, 6.07) is 10.3. The zero-order chi connectivity index (χ0) is 17.1. The lowest BCUT2D eigenvalue weighted by molar-refractivity contribution is 0.0953. The van der Waals surface area contributed by atoms with Crippen molar-refractivity contribution in [3.63, 3.8) is 0 Å². The van der Waals surface area contributed by atoms with Crippen LogP contribution in [0.1, 0.15) is 21.9 Å². The zero-order valence-electron chi connectivity index (χ0n) is 12.5. The maximum absolute atomic E-state index is 11.9. The molecule has 0 atom stereocenters. The molecule has 1 amide bonds. The van der Waals surface area contributed by atoms with Gasteiger partial charge in [-0.1, -0.05) is 29.3 Å². The number of carbonyl (C=O) groups excluding carboxylic acids is 1. The summed E-state index contributed by atoms with van der Waals surface area (Å²) in [5, 5.41) is 4.73. The minimum absolute atomic E-state index is 0.359. The molecular formula is C17H12Cl2N2O3. The molecule has 0 aliphatic rings. The Hall–Kier alpha value is -2.50. The van der Waals surface area contributed by atoms with Crippen molar-refractivity contribution in [1.82, 2.24) is 5.43 Å². The molecule has 122 valence electrons. The Labute approximate surface area is 147 Å². The smallest absolute Gasteiger partial charge is 0.274 e. The number of hydrogen-bond acceptors (Lipinski definition) is 4. The molecule has 0 aliphatic carbocycles. The highest BCUT2D eigenvalue weighted by Gasteiger charge is 2.11. The molecule has 1 aromatic carbocycles. The summed E-state index contributed by atoms with van der Waals surface area (Å²) in [5.41, 5.74) is 3.52. The van der Waals surface area contributed by atoms with E-state index in [-0.39, 0.29) is 5.91 Å². The fourth-order valence-corrected chi connectivity index (χ4v) is 2.49. The standard InChI is InChI=1S/C17H12Cl2N2O3/c1-10-12(7-8-23-10)17(22)21-20-9-11-5-6-15(24-11)13-3-2-4-14(18)16(13)19/h2-9H,1H3,(H,21,22). The Morgan fingerprint density at radius 2 is 2.04 bits per heavy atom. The third-order valence-electron chi connectivity index (χ3n) is 3.31. The number of rotatable bonds is 4. The first-order chi connectivity index (χ1) is 11.6. The quantitative estimate of drug-likeness (QED) is 0.529. The SMILES string of the molecule is Cc1occc1C(=O)NN=Cc1ccc(-c2cccc(Cl)c2Cl)o1. The highest BCUT2D eigenvalue weighted by molar-refractivity contribution is 6.43. The Morgan fingerprint density at radius 1 is 1.21 bits per heavy atom. The fourth-order valence-electron chi connectivity index (χ4n) is 2.10. The predicted octanol–water partition coefficient (Wildman–Crippen LogP) is 4.92. The van der Waals surface area contributed by atoms with Gasteiger partial charge >= 0.3 is 0 Å². The number of nitrogens with zero attached hydrogens (tertiary/aromatic N) is 1. The highest BCUT2D eigenvalue weighted by atomic mass is 35.5. The van der Waals surface area contributed by atoms with Crippen LogP contribution in [0.3, 0.4) is 0 Å². The number of hydrogen-bond donors (Lipinski definition) is 1. The van der Waals surface area contributed by atoms with Crippen molar-refractivity contribution in [1.29, 1.82) is 0 Å². The van der Waals surface area contributed by atoms with Crippen molar-refractivity contribution < 1.29 is 13.6 Å². The first-order valence-electron chi connectivity index (χ1n) is 6.98. The molecular weight excluding hydrogens is 351 g/mol. The summed E-state index contributed by atoms with van der Waals surface area (Å²) < 4.78 is 10.7. The van der Waals surface area contributed by atoms with Gasteiger partial charge in [-0.15, -0.1) is 0 Å². The number of aryl methyl sites for hydroxylation is 1. The van der Waals surface area contributed by atoms with E-state index >= 15 is 0 Å². The van der Waals surface area contributed by atoms with Gasteiger partial charge in [-0.3, -0.25) is 4.79 Å². The Morgan fingerprint density at radius 3 is 2.79 bits per heavy atom. The van der Waals surface area contributed by atoms with Gasteiger partial charge in [-0.2, -0.15) is 5.10 Å². The predicted molar refractivity (Wildman–Crippen MR) is 92.7 cm³/mol. The molecule has 24 heavy (non-hydrogen) atoms. The molecule has 5 nitrogen and oxygen atoms in total. The number of hydrazone groups is 1. The van der Waals surface area contributed by atoms with Gasteiger partial charge in [-0.25, -0.2) is 5.43 Å². The number of furan rings is 2. The van der Waals surface area contributed by atoms with Gasteiger partial charge in [0.1, 0.15) is 17.3 Å². The number of amides is 1. The Bertz CT molecular complexity index is 912. The molecule has 0 fully saturated rings. The summed E-state index contributed by atoms with van der Waals surface area (Å²) in [5.74, 6) is 1.19. The molecule has 0 saturated carbocycles. The molecule has 2 aromatic heterocycles. The minimum Gasteiger partial charge on any atom is -0.469 e. The molecule has 2 heterocycles. The summed E-state index contributed by atoms with van der Waals surface area (Å²) in [6.07, 6.45) is 2.84. The number of halogens is 2. The highest BCUT2D eigenvalue weighted by Crippen LogP contribution is 2.34. The Balaban J connectivity index is 1.71. The van der Waals surface area contributed by atoms with Crippen molar-refractivity contribution >= 4 is 35.3 Å². The number of nitrogens with one attached hydrogen (secondary N) is 1. The molecule has 0 aliphatic heterocycles. The van der Waals surface area contributed by atoms with Gasteiger partial charge in [-0.05, 0) is 37.3 Å². The van der Waals surface area contributed by atoms with Crippen LogP contribution < -0.4 is 5.43 Å². The van der Waals surface area contributed by atoms with Crippen LogP contribution in [0.25, 0.3) is 11.3 Å². The van der Waals surface area contributed by atoms with E-state index in [1.54, 1.807) is 43.3 Å². The van der Waals surface area contributed by atoms with Crippen molar-refractivity contribution in [3.05, 3.63) is 69.8 Å². The monoisotopic (exact) mass is 362 g/mol. The molecule has 7 heteroatoms. The fraction of sp³-hybridized carbons (Fsp3) is 0.0588. The van der Waals surface area contributed by atoms with E-state index < -0.39 is 0 Å². The van der Waals surface area contributed by atoms with Gasteiger partial charge in [0.25, 0.3) is 5.91 Å². The summed E-state index contributed by atoms with van der Waals surface area (Å²) in [6.45, 7) is 1.70. The first kappa shape index (κ1) is 16.4. The van der Waals surface area contributed by atoms with E-state index in [0.29, 0.717) is 38.5 Å². The molecule has 0 unspecified atom stereocenters. The zero-order valence-corrected chi connectivity index (χ0v) is 14.1. The molecule has 0 radical (unpaired) electrons. The van der Waals surface area contributed by atoms with E-state index in [0.717, 1.165) is 0 Å². The van der Waals surface area contributed by atoms with Crippen LogP contribution in [0.5, 0.6) is 0 Å². The molecule has 3 aromatic rings. The van der Waals surface area contributed by atoms with E-state index in [1.807, 2.05) is 0 Å². The first-order valence-corrected chi connectivity index (χ1v) is 7.73. The van der Waals surface area contributed by atoms with E-state index in [2.05, 4.69) is 10.5 Å². The summed E-state index contributed by atoms with van der Waals surface area (Å²) in [4.78, 5) is 11.9. The van der Waals surface area contributed by atoms with Crippen LogP contribution in [-0.2, 0) is 0 Å². The van der Waals surface area contributed by atoms with Crippen LogP contribution >= 0.6 is 23.2 Å². The van der Waals surface area contributed by atoms with Crippen LogP contribution in [0.15, 0.2) is 56.6 Å². The number of benzene rings is 1.